The van der Waals surface area contributed by atoms with E-state index in [2.05, 4.69) is 77.1 Å². The Labute approximate surface area is 639 Å². The van der Waals surface area contributed by atoms with Crippen molar-refractivity contribution in [2.45, 2.75) is 251 Å². The Balaban J connectivity index is 0.000000299. The van der Waals surface area contributed by atoms with Crippen LogP contribution in [0.5, 0.6) is 0 Å². The highest BCUT2D eigenvalue weighted by Crippen LogP contribution is 2.27. The number of hydrogen-bond acceptors (Lipinski definition) is 30. The molecule has 41 heteroatoms. The number of carbonyl (C=O) groups is 6. The van der Waals surface area contributed by atoms with Crippen LogP contribution in [-0.2, 0) is 28.4 Å². The van der Waals surface area contributed by atoms with Crippen molar-refractivity contribution in [3.63, 3.8) is 0 Å². The lowest BCUT2D eigenvalue weighted by Crippen LogP contribution is -2.59. The van der Waals surface area contributed by atoms with Crippen molar-refractivity contribution < 1.29 is 57.2 Å². The second-order valence-corrected chi connectivity index (χ2v) is 33.8. The van der Waals surface area contributed by atoms with E-state index in [9.17, 15) is 28.8 Å². The Morgan fingerprint density at radius 1 is 0.305 bits per heavy atom. The topological polar surface area (TPSA) is 475 Å². The molecule has 5 aliphatic heterocycles. The standard InChI is InChI=1S/C33H56ClN9O8.C15H29N3O4.C13H24ClN9.C3Cl3N3/c1-30(2,3)48-26(44)35-19-13-20(36-27(45)49-31(4,5)6)16-42(15-19)24-39-23(34)40-25(41-24)43-17-21(37-28(46)50-32(7,8)9)14-22(18-43)38-29(47)51-33(10,11)12;1-14(2,3)21-12(19)17-10-7-11(9-16-8-10)18-13(20)22-15(4,5)6;14-11-19-12(22-3-7(15)1-8(16)4-22)21-13(20-11)23-5-9(17)2-10(18)6-23;4-1-7-2(5)9-3(6)8-1/h19-22H,13-18H2,1-12H3,(H,35,44)(H,36,45)(H,37,46)(H,38,47);10-11,16H,7-9H2,1-6H3,(H,17,19)(H,18,20);7-10H,1-6,15-18H2;. The van der Waals surface area contributed by atoms with Gasteiger partial charge in [-0.15, -0.1) is 0 Å². The van der Waals surface area contributed by atoms with Crippen molar-refractivity contribution in [1.29, 1.82) is 0 Å². The summed E-state index contributed by atoms with van der Waals surface area (Å²) in [5.41, 5.74) is 20.2. The minimum absolute atomic E-state index is 0.000000000000000444. The maximum absolute atomic E-state index is 12.8. The number of aromatic nitrogens is 9. The van der Waals surface area contributed by atoms with Crippen LogP contribution in [0.15, 0.2) is 0 Å². The quantitative estimate of drug-likeness (QED) is 0.0982. The Hall–Kier alpha value is -6.90. The van der Waals surface area contributed by atoms with Crippen LogP contribution in [0.4, 0.5) is 52.6 Å². The molecule has 15 N–H and O–H groups in total. The summed E-state index contributed by atoms with van der Waals surface area (Å²) in [6, 6.07) is -2.13. The zero-order valence-corrected chi connectivity index (χ0v) is 67.1. The first kappa shape index (κ1) is 88.7. The molecule has 5 aliphatic rings. The van der Waals surface area contributed by atoms with E-state index in [1.165, 1.54) is 0 Å². The van der Waals surface area contributed by atoms with Gasteiger partial charge in [-0.1, -0.05) is 0 Å². The van der Waals surface area contributed by atoms with Crippen LogP contribution in [-0.4, -0.2) is 241 Å². The fourth-order valence-corrected chi connectivity index (χ4v) is 12.1. The van der Waals surface area contributed by atoms with Crippen molar-refractivity contribution in [3.05, 3.63) is 26.4 Å². The first-order valence-electron chi connectivity index (χ1n) is 34.5. The van der Waals surface area contributed by atoms with E-state index in [0.29, 0.717) is 70.4 Å². The van der Waals surface area contributed by atoms with E-state index >= 15 is 0 Å². The number of piperidine rings is 5. The number of alkyl carbamates (subject to hydrolysis) is 6. The van der Waals surface area contributed by atoms with Gasteiger partial charge in [0.15, 0.2) is 0 Å². The molecule has 0 aliphatic carbocycles. The van der Waals surface area contributed by atoms with Crippen molar-refractivity contribution in [2.24, 2.45) is 22.9 Å². The second kappa shape index (κ2) is 38.3. The smallest absolute Gasteiger partial charge is 0.407 e. The number of nitrogens with two attached hydrogens (primary N) is 4. The molecule has 10 atom stereocenters. The Kier molecular flexibility index (Phi) is 32.3. The molecule has 3 aromatic heterocycles. The van der Waals surface area contributed by atoms with Gasteiger partial charge in [0.25, 0.3) is 0 Å². The molecular weight excluding hydrogens is 1470 g/mol. The number of ether oxygens (including phenoxy) is 6. The summed E-state index contributed by atoms with van der Waals surface area (Å²) in [4.78, 5) is 119. The number of amides is 6. The monoisotopic (exact) mass is 1580 g/mol. The van der Waals surface area contributed by atoms with Crippen LogP contribution in [0, 0.1) is 0 Å². The molecule has 5 fully saturated rings. The van der Waals surface area contributed by atoms with E-state index < -0.39 is 94.3 Å². The third kappa shape index (κ3) is 35.6. The maximum atomic E-state index is 12.8. The van der Waals surface area contributed by atoms with Gasteiger partial charge in [0.2, 0.25) is 50.2 Å². The second-order valence-electron chi connectivity index (χ2n) is 32.1. The first-order chi connectivity index (χ1) is 48.2. The van der Waals surface area contributed by atoms with Crippen molar-refractivity contribution in [3.8, 4) is 0 Å². The minimum Gasteiger partial charge on any atom is -0.444 e. The molecule has 0 aromatic carbocycles. The Bertz CT molecular complexity index is 3050. The molecule has 0 saturated carbocycles. The summed E-state index contributed by atoms with van der Waals surface area (Å²) in [6.45, 7) is 37.0. The molecule has 8 heterocycles. The summed E-state index contributed by atoms with van der Waals surface area (Å²) in [5.74, 6) is 1.38. The van der Waals surface area contributed by atoms with Crippen molar-refractivity contribution in [1.82, 2.24) is 82.1 Å². The summed E-state index contributed by atoms with van der Waals surface area (Å²) < 4.78 is 32.4. The van der Waals surface area contributed by atoms with Crippen molar-refractivity contribution >= 4 is 118 Å². The van der Waals surface area contributed by atoms with Gasteiger partial charge in [-0.25, -0.2) is 28.8 Å². The van der Waals surface area contributed by atoms with Gasteiger partial charge < -0.3 is 108 Å². The average molecular weight is 1580 g/mol. The van der Waals surface area contributed by atoms with E-state index in [1.807, 2.05) is 51.3 Å². The predicted octanol–water partition coefficient (Wildman–Crippen LogP) is 6.37. The maximum Gasteiger partial charge on any atom is 0.407 e. The molecule has 0 radical (unpaired) electrons. The number of anilines is 4. The van der Waals surface area contributed by atoms with Crippen LogP contribution in [0.25, 0.3) is 0 Å². The summed E-state index contributed by atoms with van der Waals surface area (Å²) in [5, 5.41) is 20.4. The molecule has 3 aromatic rings. The molecule has 10 unspecified atom stereocenters. The highest BCUT2D eigenvalue weighted by atomic mass is 35.5. The van der Waals surface area contributed by atoms with E-state index in [0.717, 1.165) is 12.8 Å². The molecule has 8 rings (SSSR count). The summed E-state index contributed by atoms with van der Waals surface area (Å²) >= 11 is 28.5. The number of nitrogens with one attached hydrogen (secondary N) is 7. The molecule has 5 saturated heterocycles. The number of carbonyl (C=O) groups excluding carboxylic acids is 6. The Morgan fingerprint density at radius 3 is 0.695 bits per heavy atom. The number of nitrogens with zero attached hydrogens (tertiary/aromatic N) is 13. The highest BCUT2D eigenvalue weighted by molar-refractivity contribution is 6.33. The normalized spacial score (nSPS) is 23.1. The Morgan fingerprint density at radius 2 is 0.486 bits per heavy atom. The molecule has 0 bridgehead atoms. The SMILES string of the molecule is CC(C)(C)OC(=O)NC1CC(NC(=O)OC(C)(C)C)CN(c2nc(Cl)nc(N3CC(NC(=O)OC(C)(C)C)CC(NC(=O)OC(C)(C)C)C3)n2)C1.CC(C)(C)OC(=O)NC1CNCC(NC(=O)OC(C)(C)C)C1.Clc1nc(Cl)nc(Cl)n1.NC1CC(N)CN(c2nc(Cl)nc(N3CC(N)CC(N)C3)n2)C1. The van der Waals surface area contributed by atoms with Crippen LogP contribution < -0.4 is 79.8 Å². The van der Waals surface area contributed by atoms with Gasteiger partial charge in [0.05, 0.1) is 24.2 Å². The molecule has 0 spiro atoms. The largest absolute Gasteiger partial charge is 0.444 e. The van der Waals surface area contributed by atoms with Gasteiger partial charge in [-0.2, -0.15) is 44.9 Å². The lowest BCUT2D eigenvalue weighted by Gasteiger charge is -2.40. The molecule has 105 heavy (non-hydrogen) atoms. The third-order valence-corrected chi connectivity index (χ3v) is 15.3. The average Bonchev–Trinajstić information content (AvgIpc) is 0.797. The lowest BCUT2D eigenvalue weighted by atomic mass is 10.0. The van der Waals surface area contributed by atoms with Crippen LogP contribution in [0.1, 0.15) is 157 Å². The molecule has 592 valence electrons. The molecule has 6 amide bonds. The van der Waals surface area contributed by atoms with Gasteiger partial charge in [-0.3, -0.25) is 0 Å². The van der Waals surface area contributed by atoms with E-state index in [4.69, 9.17) is 114 Å². The fourth-order valence-electron chi connectivity index (χ4n) is 11.2. The molecular formula is C64H109Cl5N24O12. The number of rotatable bonds is 10. The van der Waals surface area contributed by atoms with Crippen LogP contribution in [0.2, 0.25) is 26.4 Å². The zero-order valence-electron chi connectivity index (χ0n) is 63.3. The summed E-state index contributed by atoms with van der Waals surface area (Å²) in [7, 11) is 0. The van der Waals surface area contributed by atoms with Crippen LogP contribution in [0.3, 0.4) is 0 Å². The number of hydrogen-bond donors (Lipinski definition) is 11. The third-order valence-electron chi connectivity index (χ3n) is 14.5. The fraction of sp³-hybridized carbons (Fsp3) is 0.766. The van der Waals surface area contributed by atoms with Gasteiger partial charge in [-0.05, 0) is 215 Å². The van der Waals surface area contributed by atoms with Gasteiger partial charge in [0.1, 0.15) is 33.6 Å². The minimum atomic E-state index is -0.718. The van der Waals surface area contributed by atoms with E-state index in [1.54, 1.807) is 92.9 Å². The zero-order chi connectivity index (χ0) is 78.9. The van der Waals surface area contributed by atoms with Gasteiger partial charge >= 0.3 is 36.6 Å². The lowest BCUT2D eigenvalue weighted by molar-refractivity contribution is 0.0447. The summed E-state index contributed by atoms with van der Waals surface area (Å²) in [6.07, 6.45) is -0.373. The predicted molar refractivity (Wildman–Crippen MR) is 400 cm³/mol. The van der Waals surface area contributed by atoms with E-state index in [-0.39, 0.29) is 101 Å². The van der Waals surface area contributed by atoms with Gasteiger partial charge in [0, 0.05) is 102 Å². The first-order valence-corrected chi connectivity index (χ1v) is 36.4. The number of halogens is 5. The van der Waals surface area contributed by atoms with Crippen LogP contribution >= 0.6 is 58.0 Å². The van der Waals surface area contributed by atoms with Crippen molar-refractivity contribution in [2.75, 3.05) is 85.0 Å². The highest BCUT2D eigenvalue weighted by Gasteiger charge is 2.38. The molecule has 36 nitrogen and oxygen atoms in total.